The van der Waals surface area contributed by atoms with Gasteiger partial charge in [-0.3, -0.25) is 19.2 Å². The first kappa shape index (κ1) is 28.3. The van der Waals surface area contributed by atoms with E-state index < -0.39 is 42.3 Å². The van der Waals surface area contributed by atoms with Gasteiger partial charge < -0.3 is 41.7 Å². The Balaban J connectivity index is 1.30. The first-order valence-corrected chi connectivity index (χ1v) is 12.9. The Bertz CT molecular complexity index is 1350. The molecule has 0 saturated carbocycles. The molecule has 1 aliphatic heterocycles. The first-order chi connectivity index (χ1) is 19.3. The Morgan fingerprint density at radius 3 is 2.42 bits per heavy atom. The Morgan fingerprint density at radius 1 is 0.975 bits per heavy atom. The summed E-state index contributed by atoms with van der Waals surface area (Å²) in [5.41, 5.74) is 2.14. The number of aromatic amines is 2. The fourth-order valence-corrected chi connectivity index (χ4v) is 4.53. The van der Waals surface area contributed by atoms with E-state index in [0.717, 1.165) is 29.4 Å². The molecule has 212 valence electrons. The van der Waals surface area contributed by atoms with E-state index in [1.54, 1.807) is 6.20 Å². The third-order valence-corrected chi connectivity index (χ3v) is 6.59. The zero-order valence-corrected chi connectivity index (χ0v) is 21.7. The van der Waals surface area contributed by atoms with Crippen LogP contribution < -0.4 is 26.6 Å². The summed E-state index contributed by atoms with van der Waals surface area (Å²) in [5, 5.41) is 23.6. The van der Waals surface area contributed by atoms with Crippen LogP contribution in [0.4, 0.5) is 0 Å². The summed E-state index contributed by atoms with van der Waals surface area (Å²) in [7, 11) is 0. The average molecular weight is 553 g/mol. The predicted molar refractivity (Wildman–Crippen MR) is 143 cm³/mol. The zero-order valence-electron chi connectivity index (χ0n) is 21.7. The smallest absolute Gasteiger partial charge is 0.326 e. The molecule has 0 unspecified atom stereocenters. The Hall–Kier alpha value is -4.72. The molecule has 3 heterocycles. The molecule has 0 spiro atoms. The molecule has 14 nitrogen and oxygen atoms in total. The monoisotopic (exact) mass is 552 g/mol. The van der Waals surface area contributed by atoms with Gasteiger partial charge in [-0.05, 0) is 31.0 Å². The average Bonchev–Trinajstić information content (AvgIpc) is 3.73. The van der Waals surface area contributed by atoms with E-state index in [1.165, 1.54) is 12.5 Å². The highest BCUT2D eigenvalue weighted by atomic mass is 16.4. The maximum Gasteiger partial charge on any atom is 0.326 e. The number of carboxylic acids is 1. The molecule has 3 aromatic rings. The minimum atomic E-state index is -1.22. The summed E-state index contributed by atoms with van der Waals surface area (Å²) in [6.45, 7) is -0.0885. The SMILES string of the molecule is O=C(CNC(=O)[C@H](Cc1cnc[nH]1)NC(=O)CNC(=O)[C@@H]1CCCN1)N[C@@H](Cc1c[nH]c2ccccc12)C(=O)O. The van der Waals surface area contributed by atoms with Gasteiger partial charge in [-0.25, -0.2) is 9.78 Å². The van der Waals surface area contributed by atoms with Gasteiger partial charge in [0.2, 0.25) is 23.6 Å². The lowest BCUT2D eigenvalue weighted by Crippen LogP contribution is -2.53. The van der Waals surface area contributed by atoms with Crippen molar-refractivity contribution in [3.8, 4) is 0 Å². The van der Waals surface area contributed by atoms with E-state index in [9.17, 15) is 29.1 Å². The standard InChI is InChI=1S/C26H32N8O6/c35-22(12-30-24(37)19-6-3-7-28-19)33-20(9-16-11-27-14-32-16)25(38)31-13-23(36)34-21(26(39)40)8-15-10-29-18-5-2-1-4-17(15)18/h1-2,4-5,10-11,14,19-21,28-29H,3,6-9,12-13H2,(H,27,32)(H,30,37)(H,31,38)(H,33,35)(H,34,36)(H,39,40)/t19-,20-,21-/m0/s1. The van der Waals surface area contributed by atoms with Gasteiger partial charge in [-0.2, -0.15) is 0 Å². The van der Waals surface area contributed by atoms with Gasteiger partial charge in [-0.1, -0.05) is 18.2 Å². The van der Waals surface area contributed by atoms with Crippen molar-refractivity contribution in [2.75, 3.05) is 19.6 Å². The Labute approximate surface area is 229 Å². The highest BCUT2D eigenvalue weighted by Gasteiger charge is 2.26. The van der Waals surface area contributed by atoms with Crippen LogP contribution in [0.1, 0.15) is 24.1 Å². The van der Waals surface area contributed by atoms with Crippen molar-refractivity contribution in [2.45, 2.75) is 43.8 Å². The minimum Gasteiger partial charge on any atom is -0.480 e. The number of aromatic nitrogens is 3. The summed E-state index contributed by atoms with van der Waals surface area (Å²) >= 11 is 0. The van der Waals surface area contributed by atoms with E-state index in [1.807, 2.05) is 24.3 Å². The molecular weight excluding hydrogens is 520 g/mol. The van der Waals surface area contributed by atoms with Crippen LogP contribution in [0.15, 0.2) is 43.0 Å². The van der Waals surface area contributed by atoms with Crippen molar-refractivity contribution in [1.29, 1.82) is 0 Å². The highest BCUT2D eigenvalue weighted by molar-refractivity contribution is 5.93. The van der Waals surface area contributed by atoms with Gasteiger partial charge in [0.05, 0.1) is 25.5 Å². The van der Waals surface area contributed by atoms with Crippen molar-refractivity contribution in [1.82, 2.24) is 41.5 Å². The number of rotatable bonds is 13. The van der Waals surface area contributed by atoms with Crippen LogP contribution in [0.2, 0.25) is 0 Å². The fraction of sp³-hybridized carbons (Fsp3) is 0.385. The summed E-state index contributed by atoms with van der Waals surface area (Å²) in [6.07, 6.45) is 6.27. The van der Waals surface area contributed by atoms with Crippen LogP contribution in [0.5, 0.6) is 0 Å². The number of carboxylic acid groups (broad SMARTS) is 1. The molecule has 0 radical (unpaired) electrons. The summed E-state index contributed by atoms with van der Waals surface area (Å²) in [4.78, 5) is 71.8. The number of carbonyl (C=O) groups excluding carboxylic acids is 4. The van der Waals surface area contributed by atoms with E-state index in [4.69, 9.17) is 0 Å². The molecule has 0 bridgehead atoms. The number of amides is 4. The van der Waals surface area contributed by atoms with Crippen LogP contribution in [0.25, 0.3) is 10.9 Å². The number of benzene rings is 1. The maximum atomic E-state index is 12.9. The van der Waals surface area contributed by atoms with Crippen LogP contribution in [0.3, 0.4) is 0 Å². The number of nitrogens with one attached hydrogen (secondary N) is 7. The highest BCUT2D eigenvalue weighted by Crippen LogP contribution is 2.19. The lowest BCUT2D eigenvalue weighted by molar-refractivity contribution is -0.141. The van der Waals surface area contributed by atoms with E-state index in [0.29, 0.717) is 12.1 Å². The molecule has 2 aromatic heterocycles. The molecule has 1 fully saturated rings. The minimum absolute atomic E-state index is 0.0413. The topological polar surface area (TPSA) is 210 Å². The molecule has 4 rings (SSSR count). The molecule has 1 saturated heterocycles. The molecule has 8 N–H and O–H groups in total. The summed E-state index contributed by atoms with van der Waals surface area (Å²) in [6, 6.07) is 4.76. The van der Waals surface area contributed by atoms with E-state index >= 15 is 0 Å². The normalized spacial score (nSPS) is 16.1. The van der Waals surface area contributed by atoms with Gasteiger partial charge in [0.1, 0.15) is 12.1 Å². The third-order valence-electron chi connectivity index (χ3n) is 6.59. The van der Waals surface area contributed by atoms with E-state index in [2.05, 4.69) is 41.5 Å². The maximum absolute atomic E-state index is 12.9. The molecule has 4 amide bonds. The van der Waals surface area contributed by atoms with Crippen molar-refractivity contribution in [3.05, 3.63) is 54.2 Å². The van der Waals surface area contributed by atoms with Gasteiger partial charge in [0.25, 0.3) is 0 Å². The van der Waals surface area contributed by atoms with Crippen LogP contribution in [0, 0.1) is 0 Å². The largest absolute Gasteiger partial charge is 0.480 e. The molecule has 1 aliphatic rings. The van der Waals surface area contributed by atoms with Crippen molar-refractivity contribution < 1.29 is 29.1 Å². The number of para-hydroxylation sites is 1. The molecule has 40 heavy (non-hydrogen) atoms. The lowest BCUT2D eigenvalue weighted by atomic mass is 10.0. The number of hydrogen-bond donors (Lipinski definition) is 8. The number of aliphatic carboxylic acids is 1. The second-order valence-corrected chi connectivity index (χ2v) is 9.51. The molecular formula is C26H32N8O6. The summed E-state index contributed by atoms with van der Waals surface area (Å²) in [5.74, 6) is -3.46. The van der Waals surface area contributed by atoms with E-state index in [-0.39, 0.29) is 31.3 Å². The second kappa shape index (κ2) is 13.4. The number of imidazole rings is 1. The van der Waals surface area contributed by atoms with Gasteiger partial charge in [-0.15, -0.1) is 0 Å². The van der Waals surface area contributed by atoms with Crippen LogP contribution in [-0.2, 0) is 36.8 Å². The van der Waals surface area contributed by atoms with Crippen molar-refractivity contribution >= 4 is 40.5 Å². The fourth-order valence-electron chi connectivity index (χ4n) is 4.53. The number of carbonyl (C=O) groups is 5. The zero-order chi connectivity index (χ0) is 28.5. The first-order valence-electron chi connectivity index (χ1n) is 12.9. The quantitative estimate of drug-likeness (QED) is 0.128. The molecule has 14 heteroatoms. The Kier molecular flexibility index (Phi) is 9.46. The van der Waals surface area contributed by atoms with Crippen molar-refractivity contribution in [2.24, 2.45) is 0 Å². The van der Waals surface area contributed by atoms with Crippen LogP contribution >= 0.6 is 0 Å². The van der Waals surface area contributed by atoms with Gasteiger partial charge >= 0.3 is 5.97 Å². The lowest BCUT2D eigenvalue weighted by Gasteiger charge is -2.19. The molecule has 1 aromatic carbocycles. The van der Waals surface area contributed by atoms with Gasteiger partial charge in [0.15, 0.2) is 0 Å². The number of fused-ring (bicyclic) bond motifs is 1. The van der Waals surface area contributed by atoms with Gasteiger partial charge in [0, 0.05) is 41.8 Å². The summed E-state index contributed by atoms with van der Waals surface area (Å²) < 4.78 is 0. The molecule has 0 aliphatic carbocycles. The molecule has 3 atom stereocenters. The van der Waals surface area contributed by atoms with Crippen LogP contribution in [-0.4, -0.2) is 87.4 Å². The second-order valence-electron chi connectivity index (χ2n) is 9.51. The van der Waals surface area contributed by atoms with Crippen molar-refractivity contribution in [3.63, 3.8) is 0 Å². The predicted octanol–water partition coefficient (Wildman–Crippen LogP) is -1.29. The number of hydrogen-bond acceptors (Lipinski definition) is 7. The Morgan fingerprint density at radius 2 is 1.73 bits per heavy atom. The number of H-pyrrole nitrogens is 2. The number of nitrogens with zero attached hydrogens (tertiary/aromatic N) is 1. The third kappa shape index (κ3) is 7.66.